The zero-order chi connectivity index (χ0) is 22.6. The predicted molar refractivity (Wildman–Crippen MR) is 123 cm³/mol. The summed E-state index contributed by atoms with van der Waals surface area (Å²) in [5.74, 6) is 1.30. The minimum atomic E-state index is -0.324. The summed E-state index contributed by atoms with van der Waals surface area (Å²) in [6.07, 6.45) is 4.34. The number of benzene rings is 1. The molecule has 31 heavy (non-hydrogen) atoms. The molecule has 2 fully saturated rings. The number of carbonyl (C=O) groups excluding carboxylic acids is 2. The third kappa shape index (κ3) is 6.00. The molecule has 1 aromatic carbocycles. The molecule has 2 aliphatic heterocycles. The van der Waals surface area contributed by atoms with Crippen molar-refractivity contribution in [3.63, 3.8) is 0 Å². The number of hydrogen-bond donors (Lipinski definition) is 1. The normalized spacial score (nSPS) is 24.8. The number of rotatable bonds is 6. The number of methoxy groups -OCH3 is 1. The number of piperidine rings is 1. The van der Waals surface area contributed by atoms with Gasteiger partial charge in [-0.05, 0) is 68.3 Å². The van der Waals surface area contributed by atoms with Gasteiger partial charge in [-0.3, -0.25) is 14.5 Å². The molecule has 3 atom stereocenters. The van der Waals surface area contributed by atoms with E-state index in [9.17, 15) is 9.59 Å². The average molecular weight is 430 g/mol. The fourth-order valence-corrected chi connectivity index (χ4v) is 5.04. The van der Waals surface area contributed by atoms with Gasteiger partial charge in [0, 0.05) is 25.6 Å². The second-order valence-electron chi connectivity index (χ2n) is 10.3. The van der Waals surface area contributed by atoms with Gasteiger partial charge >= 0.3 is 0 Å². The molecule has 0 bridgehead atoms. The molecule has 3 unspecified atom stereocenters. The van der Waals surface area contributed by atoms with Gasteiger partial charge in [0.25, 0.3) is 0 Å². The van der Waals surface area contributed by atoms with Gasteiger partial charge in [-0.2, -0.15) is 0 Å². The van der Waals surface area contributed by atoms with E-state index >= 15 is 0 Å². The van der Waals surface area contributed by atoms with Gasteiger partial charge in [0.1, 0.15) is 11.8 Å². The molecule has 172 valence electrons. The van der Waals surface area contributed by atoms with E-state index in [2.05, 4.69) is 50.2 Å². The molecule has 3 rings (SSSR count). The van der Waals surface area contributed by atoms with E-state index in [0.29, 0.717) is 25.4 Å². The van der Waals surface area contributed by atoms with Crippen molar-refractivity contribution in [2.24, 2.45) is 11.3 Å². The number of ether oxygens (including phenoxy) is 1. The van der Waals surface area contributed by atoms with E-state index in [1.165, 1.54) is 5.56 Å². The van der Waals surface area contributed by atoms with Crippen LogP contribution in [0.2, 0.25) is 0 Å². The Morgan fingerprint density at radius 1 is 1.10 bits per heavy atom. The number of nitrogens with one attached hydrogen (secondary N) is 1. The van der Waals surface area contributed by atoms with Crippen LogP contribution in [0.3, 0.4) is 0 Å². The Bertz CT molecular complexity index is 756. The lowest BCUT2D eigenvalue weighted by Crippen LogP contribution is -2.49. The third-order valence-electron chi connectivity index (χ3n) is 6.56. The van der Waals surface area contributed by atoms with Gasteiger partial charge in [0.15, 0.2) is 0 Å². The number of amides is 2. The zero-order valence-electron chi connectivity index (χ0n) is 19.8. The molecule has 1 N–H and O–H groups in total. The molecular formula is C25H39N3O3. The Labute approximate surface area is 187 Å². The summed E-state index contributed by atoms with van der Waals surface area (Å²) in [5.41, 5.74) is 1.18. The van der Waals surface area contributed by atoms with Crippen LogP contribution in [0, 0.1) is 11.3 Å². The lowest BCUT2D eigenvalue weighted by atomic mass is 9.84. The van der Waals surface area contributed by atoms with Crippen LogP contribution in [-0.2, 0) is 9.59 Å². The van der Waals surface area contributed by atoms with E-state index in [4.69, 9.17) is 4.74 Å². The predicted octanol–water partition coefficient (Wildman–Crippen LogP) is 3.62. The molecule has 6 nitrogen and oxygen atoms in total. The van der Waals surface area contributed by atoms with Crippen LogP contribution < -0.4 is 10.1 Å². The molecule has 0 radical (unpaired) electrons. The van der Waals surface area contributed by atoms with Crippen molar-refractivity contribution in [3.05, 3.63) is 29.8 Å². The second-order valence-corrected chi connectivity index (χ2v) is 10.3. The van der Waals surface area contributed by atoms with Crippen LogP contribution in [0.4, 0.5) is 0 Å². The summed E-state index contributed by atoms with van der Waals surface area (Å²) < 4.78 is 5.30. The van der Waals surface area contributed by atoms with Crippen molar-refractivity contribution in [1.82, 2.24) is 15.1 Å². The number of carbonyl (C=O) groups is 2. The van der Waals surface area contributed by atoms with Gasteiger partial charge in [-0.1, -0.05) is 32.9 Å². The van der Waals surface area contributed by atoms with Crippen LogP contribution in [0.1, 0.15) is 64.5 Å². The summed E-state index contributed by atoms with van der Waals surface area (Å²) in [4.78, 5) is 30.0. The molecule has 6 heteroatoms. The molecule has 2 aliphatic rings. The Morgan fingerprint density at radius 3 is 2.42 bits per heavy atom. The van der Waals surface area contributed by atoms with E-state index in [1.54, 1.807) is 12.0 Å². The highest BCUT2D eigenvalue weighted by atomic mass is 16.5. The van der Waals surface area contributed by atoms with Crippen molar-refractivity contribution in [2.45, 2.75) is 65.0 Å². The highest BCUT2D eigenvalue weighted by Crippen LogP contribution is 2.35. The largest absolute Gasteiger partial charge is 0.497 e. The summed E-state index contributed by atoms with van der Waals surface area (Å²) in [5, 5.41) is 3.20. The molecule has 2 amide bonds. The van der Waals surface area contributed by atoms with Gasteiger partial charge in [-0.15, -0.1) is 0 Å². The molecule has 0 aromatic heterocycles. The standard InChI is InChI=1S/C25H39N3O3/c1-25(2,3)16-22(29)28-15-7-9-21(28)24(30)26-17-19-8-6-14-27(4)23(19)18-10-12-20(31-5)13-11-18/h10-13,19,21,23H,6-9,14-17H2,1-5H3,(H,26,30). The molecular weight excluding hydrogens is 390 g/mol. The summed E-state index contributed by atoms with van der Waals surface area (Å²) in [6, 6.07) is 8.21. The van der Waals surface area contributed by atoms with E-state index < -0.39 is 0 Å². The first-order chi connectivity index (χ1) is 14.7. The van der Waals surface area contributed by atoms with Gasteiger partial charge in [0.05, 0.1) is 7.11 Å². The zero-order valence-corrected chi connectivity index (χ0v) is 19.8. The molecule has 1 aromatic rings. The fourth-order valence-electron chi connectivity index (χ4n) is 5.04. The van der Waals surface area contributed by atoms with Crippen LogP contribution in [-0.4, -0.2) is 61.4 Å². The van der Waals surface area contributed by atoms with Crippen molar-refractivity contribution < 1.29 is 14.3 Å². The van der Waals surface area contributed by atoms with E-state index in [0.717, 1.165) is 38.0 Å². The molecule has 2 saturated heterocycles. The number of hydrogen-bond acceptors (Lipinski definition) is 4. The monoisotopic (exact) mass is 429 g/mol. The van der Waals surface area contributed by atoms with E-state index in [1.807, 2.05) is 12.1 Å². The van der Waals surface area contributed by atoms with Crippen LogP contribution in [0.15, 0.2) is 24.3 Å². The Morgan fingerprint density at radius 2 is 1.77 bits per heavy atom. The van der Waals surface area contributed by atoms with Crippen molar-refractivity contribution in [3.8, 4) is 5.75 Å². The van der Waals surface area contributed by atoms with Crippen LogP contribution in [0.5, 0.6) is 5.75 Å². The first-order valence-electron chi connectivity index (χ1n) is 11.6. The van der Waals surface area contributed by atoms with Crippen LogP contribution in [0.25, 0.3) is 0 Å². The molecule has 0 aliphatic carbocycles. The quantitative estimate of drug-likeness (QED) is 0.750. The SMILES string of the molecule is COc1ccc(C2C(CNC(=O)C3CCCN3C(=O)CC(C)(C)C)CCCN2C)cc1. The maximum atomic E-state index is 13.0. The number of likely N-dealkylation sites (tertiary alicyclic amines) is 2. The van der Waals surface area contributed by atoms with Gasteiger partial charge in [-0.25, -0.2) is 0 Å². The number of nitrogens with zero attached hydrogens (tertiary/aromatic N) is 2. The fraction of sp³-hybridized carbons (Fsp3) is 0.680. The Kier molecular flexibility index (Phi) is 7.63. The maximum absolute atomic E-state index is 13.0. The minimum absolute atomic E-state index is 0.00136. The Hall–Kier alpha value is -2.08. The Balaban J connectivity index is 1.63. The van der Waals surface area contributed by atoms with Crippen molar-refractivity contribution >= 4 is 11.8 Å². The second kappa shape index (κ2) is 10.0. The lowest BCUT2D eigenvalue weighted by molar-refractivity contribution is -0.139. The highest BCUT2D eigenvalue weighted by Gasteiger charge is 2.36. The minimum Gasteiger partial charge on any atom is -0.497 e. The third-order valence-corrected chi connectivity index (χ3v) is 6.56. The van der Waals surface area contributed by atoms with Gasteiger partial charge < -0.3 is 15.0 Å². The van der Waals surface area contributed by atoms with Crippen molar-refractivity contribution in [2.75, 3.05) is 33.8 Å². The molecule has 2 heterocycles. The smallest absolute Gasteiger partial charge is 0.242 e. The summed E-state index contributed by atoms with van der Waals surface area (Å²) in [7, 11) is 3.84. The van der Waals surface area contributed by atoms with E-state index in [-0.39, 0.29) is 29.3 Å². The maximum Gasteiger partial charge on any atom is 0.242 e. The topological polar surface area (TPSA) is 61.9 Å². The molecule has 0 saturated carbocycles. The lowest BCUT2D eigenvalue weighted by Gasteiger charge is -2.40. The summed E-state index contributed by atoms with van der Waals surface area (Å²) >= 11 is 0. The molecule has 0 spiro atoms. The first-order valence-corrected chi connectivity index (χ1v) is 11.6. The van der Waals surface area contributed by atoms with Crippen LogP contribution >= 0.6 is 0 Å². The highest BCUT2D eigenvalue weighted by molar-refractivity contribution is 5.88. The average Bonchev–Trinajstić information content (AvgIpc) is 3.21. The summed E-state index contributed by atoms with van der Waals surface area (Å²) in [6.45, 7) is 8.57. The van der Waals surface area contributed by atoms with Gasteiger partial charge in [0.2, 0.25) is 11.8 Å². The first kappa shape index (κ1) is 23.6. The van der Waals surface area contributed by atoms with Crippen molar-refractivity contribution in [1.29, 1.82) is 0 Å².